The minimum atomic E-state index is -0.929. The Morgan fingerprint density at radius 3 is 2.52 bits per heavy atom. The van der Waals surface area contributed by atoms with Gasteiger partial charge in [0.15, 0.2) is 0 Å². The van der Waals surface area contributed by atoms with E-state index in [2.05, 4.69) is 5.32 Å². The molecule has 0 atom stereocenters. The molecule has 2 aromatic carbocycles. The van der Waals surface area contributed by atoms with Crippen LogP contribution in [0.3, 0.4) is 0 Å². The van der Waals surface area contributed by atoms with E-state index in [1.807, 2.05) is 0 Å². The molecule has 0 bridgehead atoms. The van der Waals surface area contributed by atoms with Gasteiger partial charge >= 0.3 is 0 Å². The number of amides is 1. The van der Waals surface area contributed by atoms with Gasteiger partial charge in [0.05, 0.1) is 22.4 Å². The van der Waals surface area contributed by atoms with Gasteiger partial charge in [0.1, 0.15) is 11.6 Å². The summed E-state index contributed by atoms with van der Waals surface area (Å²) in [5.41, 5.74) is 4.82. The molecule has 0 saturated carbocycles. The molecule has 108 valence electrons. The third-order valence-electron chi connectivity index (χ3n) is 2.62. The van der Waals surface area contributed by atoms with Crippen LogP contribution < -0.4 is 11.1 Å². The number of nitrogen functional groups attached to an aromatic ring is 1. The van der Waals surface area contributed by atoms with Gasteiger partial charge in [0.2, 0.25) is 0 Å². The number of halogens is 2. The molecule has 8 heteroatoms. The molecule has 0 aromatic heterocycles. The molecule has 2 aromatic rings. The average Bonchev–Trinajstić information content (AvgIpc) is 2.42. The van der Waals surface area contributed by atoms with Crippen molar-refractivity contribution in [1.82, 2.24) is 0 Å². The SMILES string of the molecule is Nc1ccc(F)cc1NC(=O)c1cc(F)cc([N+](=O)[O-])c1. The highest BCUT2D eigenvalue weighted by atomic mass is 19.1. The van der Waals surface area contributed by atoms with E-state index < -0.39 is 28.2 Å². The second-order valence-corrected chi connectivity index (χ2v) is 4.14. The third kappa shape index (κ3) is 3.30. The maximum atomic E-state index is 13.3. The topological polar surface area (TPSA) is 98.3 Å². The number of nitro groups is 1. The Hall–Kier alpha value is -3.03. The summed E-state index contributed by atoms with van der Waals surface area (Å²) in [6.07, 6.45) is 0. The predicted octanol–water partition coefficient (Wildman–Crippen LogP) is 2.71. The minimum Gasteiger partial charge on any atom is -0.397 e. The van der Waals surface area contributed by atoms with Crippen LogP contribution in [0.15, 0.2) is 36.4 Å². The summed E-state index contributed by atoms with van der Waals surface area (Å²) in [4.78, 5) is 21.7. The van der Waals surface area contributed by atoms with E-state index >= 15 is 0 Å². The maximum absolute atomic E-state index is 13.3. The second-order valence-electron chi connectivity index (χ2n) is 4.14. The zero-order valence-electron chi connectivity index (χ0n) is 10.5. The number of carbonyl (C=O) groups is 1. The summed E-state index contributed by atoms with van der Waals surface area (Å²) >= 11 is 0. The molecule has 6 nitrogen and oxygen atoms in total. The number of carbonyl (C=O) groups excluding carboxylic acids is 1. The Labute approximate surface area is 117 Å². The van der Waals surface area contributed by atoms with Crippen LogP contribution in [-0.2, 0) is 0 Å². The van der Waals surface area contributed by atoms with Gasteiger partial charge in [0, 0.05) is 11.6 Å². The van der Waals surface area contributed by atoms with E-state index in [0.717, 1.165) is 24.3 Å². The average molecular weight is 293 g/mol. The smallest absolute Gasteiger partial charge is 0.273 e. The molecule has 0 spiro atoms. The van der Waals surface area contributed by atoms with E-state index in [1.165, 1.54) is 6.07 Å². The summed E-state index contributed by atoms with van der Waals surface area (Å²) in [6.45, 7) is 0. The highest BCUT2D eigenvalue weighted by molar-refractivity contribution is 6.06. The number of benzene rings is 2. The van der Waals surface area contributed by atoms with E-state index in [4.69, 9.17) is 5.73 Å². The standard InChI is InChI=1S/C13H9F2N3O3/c14-8-1-2-11(16)12(6-8)17-13(19)7-3-9(15)5-10(4-7)18(20)21/h1-6H,16H2,(H,17,19). The minimum absolute atomic E-state index is 0.00749. The van der Waals surface area contributed by atoms with Crippen LogP contribution in [0, 0.1) is 21.7 Å². The fraction of sp³-hybridized carbons (Fsp3) is 0. The first-order valence-electron chi connectivity index (χ1n) is 5.68. The van der Waals surface area contributed by atoms with Gasteiger partial charge in [-0.3, -0.25) is 14.9 Å². The van der Waals surface area contributed by atoms with Crippen molar-refractivity contribution in [3.63, 3.8) is 0 Å². The zero-order chi connectivity index (χ0) is 15.6. The van der Waals surface area contributed by atoms with Crippen molar-refractivity contribution in [3.8, 4) is 0 Å². The van der Waals surface area contributed by atoms with Crippen molar-refractivity contribution in [2.24, 2.45) is 0 Å². The van der Waals surface area contributed by atoms with Crippen LogP contribution in [0.25, 0.3) is 0 Å². The van der Waals surface area contributed by atoms with Crippen LogP contribution in [0.1, 0.15) is 10.4 Å². The molecule has 0 aliphatic rings. The van der Waals surface area contributed by atoms with E-state index in [0.29, 0.717) is 6.07 Å². The molecule has 2 rings (SSSR count). The summed E-state index contributed by atoms with van der Waals surface area (Å²) < 4.78 is 26.3. The van der Waals surface area contributed by atoms with Crippen LogP contribution in [0.4, 0.5) is 25.8 Å². The number of nitrogens with two attached hydrogens (primary N) is 1. The Bertz CT molecular complexity index is 735. The summed E-state index contributed by atoms with van der Waals surface area (Å²) in [7, 11) is 0. The molecule has 0 aliphatic carbocycles. The van der Waals surface area contributed by atoms with Crippen molar-refractivity contribution < 1.29 is 18.5 Å². The van der Waals surface area contributed by atoms with Crippen molar-refractivity contribution in [3.05, 3.63) is 63.7 Å². The van der Waals surface area contributed by atoms with Crippen molar-refractivity contribution in [2.75, 3.05) is 11.1 Å². The zero-order valence-corrected chi connectivity index (χ0v) is 10.5. The molecule has 3 N–H and O–H groups in total. The van der Waals surface area contributed by atoms with Gasteiger partial charge in [-0.15, -0.1) is 0 Å². The van der Waals surface area contributed by atoms with Crippen LogP contribution in [-0.4, -0.2) is 10.8 Å². The molecular formula is C13H9F2N3O3. The highest BCUT2D eigenvalue weighted by Gasteiger charge is 2.15. The molecule has 0 saturated heterocycles. The van der Waals surface area contributed by atoms with Crippen molar-refractivity contribution in [1.29, 1.82) is 0 Å². The fourth-order valence-electron chi connectivity index (χ4n) is 1.64. The quantitative estimate of drug-likeness (QED) is 0.516. The monoisotopic (exact) mass is 293 g/mol. The molecule has 0 unspecified atom stereocenters. The molecule has 0 aliphatic heterocycles. The Balaban J connectivity index is 2.32. The van der Waals surface area contributed by atoms with E-state index in [9.17, 15) is 23.7 Å². The van der Waals surface area contributed by atoms with Gasteiger partial charge in [-0.05, 0) is 24.3 Å². The largest absolute Gasteiger partial charge is 0.397 e. The summed E-state index contributed by atoms with van der Waals surface area (Å²) in [5.74, 6) is -2.39. The summed E-state index contributed by atoms with van der Waals surface area (Å²) in [5, 5.41) is 12.9. The molecule has 0 radical (unpaired) electrons. The van der Waals surface area contributed by atoms with Gasteiger partial charge in [0.25, 0.3) is 11.6 Å². The lowest BCUT2D eigenvalue weighted by molar-refractivity contribution is -0.385. The van der Waals surface area contributed by atoms with Gasteiger partial charge in [-0.2, -0.15) is 0 Å². The normalized spacial score (nSPS) is 10.2. The van der Waals surface area contributed by atoms with E-state index in [1.54, 1.807) is 0 Å². The number of nitrogens with one attached hydrogen (secondary N) is 1. The lowest BCUT2D eigenvalue weighted by atomic mass is 10.1. The van der Waals surface area contributed by atoms with Crippen molar-refractivity contribution in [2.45, 2.75) is 0 Å². The van der Waals surface area contributed by atoms with E-state index in [-0.39, 0.29) is 16.9 Å². The first-order chi connectivity index (χ1) is 9.86. The Morgan fingerprint density at radius 1 is 1.14 bits per heavy atom. The maximum Gasteiger partial charge on any atom is 0.273 e. The number of anilines is 2. The Kier molecular flexibility index (Phi) is 3.79. The first-order valence-corrected chi connectivity index (χ1v) is 5.68. The number of non-ortho nitro benzene ring substituents is 1. The molecule has 1 amide bonds. The van der Waals surface area contributed by atoms with Gasteiger partial charge in [-0.1, -0.05) is 0 Å². The first kappa shape index (κ1) is 14.4. The predicted molar refractivity (Wildman–Crippen MR) is 71.8 cm³/mol. The summed E-state index contributed by atoms with van der Waals surface area (Å²) in [6, 6.07) is 5.77. The fourth-order valence-corrected chi connectivity index (χ4v) is 1.64. The molecule has 21 heavy (non-hydrogen) atoms. The number of nitro benzene ring substituents is 1. The lowest BCUT2D eigenvalue weighted by Gasteiger charge is -2.08. The second kappa shape index (κ2) is 5.53. The molecule has 0 fully saturated rings. The molecular weight excluding hydrogens is 284 g/mol. The van der Waals surface area contributed by atoms with Crippen LogP contribution in [0.5, 0.6) is 0 Å². The van der Waals surface area contributed by atoms with Crippen LogP contribution in [0.2, 0.25) is 0 Å². The van der Waals surface area contributed by atoms with Crippen molar-refractivity contribution >= 4 is 23.0 Å². The highest BCUT2D eigenvalue weighted by Crippen LogP contribution is 2.22. The van der Waals surface area contributed by atoms with Gasteiger partial charge in [-0.25, -0.2) is 8.78 Å². The Morgan fingerprint density at radius 2 is 1.86 bits per heavy atom. The number of hydrogen-bond acceptors (Lipinski definition) is 4. The van der Waals surface area contributed by atoms with Gasteiger partial charge < -0.3 is 11.1 Å². The third-order valence-corrected chi connectivity index (χ3v) is 2.62. The number of rotatable bonds is 3. The number of hydrogen-bond donors (Lipinski definition) is 2. The number of nitrogens with zero attached hydrogens (tertiary/aromatic N) is 1. The molecule has 0 heterocycles. The lowest BCUT2D eigenvalue weighted by Crippen LogP contribution is -2.14. The van der Waals surface area contributed by atoms with Crippen LogP contribution >= 0.6 is 0 Å².